The van der Waals surface area contributed by atoms with E-state index in [1.54, 1.807) is 29.4 Å². The average Bonchev–Trinajstić information content (AvgIpc) is 2.18. The average molecular weight is 267 g/mol. The molecule has 1 N–H and O–H groups in total. The van der Waals surface area contributed by atoms with Crippen LogP contribution in [0.2, 0.25) is 0 Å². The van der Waals surface area contributed by atoms with Crippen molar-refractivity contribution in [2.24, 2.45) is 0 Å². The van der Waals surface area contributed by atoms with Gasteiger partial charge in [-0.25, -0.2) is 6.29 Å². The van der Waals surface area contributed by atoms with Crippen LogP contribution in [0.3, 0.4) is 0 Å². The molecule has 0 saturated heterocycles. The topological polar surface area (TPSA) is 74.7 Å². The fraction of sp³-hybridized carbons (Fsp3) is 0.300. The Morgan fingerprint density at radius 3 is 1.88 bits per heavy atom. The molecule has 17 heavy (non-hydrogen) atoms. The van der Waals surface area contributed by atoms with Crippen LogP contribution in [0.15, 0.2) is 35.2 Å². The van der Waals surface area contributed by atoms with Crippen LogP contribution in [-0.2, 0) is 14.9 Å². The van der Waals surface area contributed by atoms with E-state index in [0.29, 0.717) is 6.54 Å². The molecule has 5 nitrogen and oxygen atoms in total. The van der Waals surface area contributed by atoms with Crippen LogP contribution < -0.4 is 29.6 Å². The smallest absolute Gasteiger partial charge is 0.541 e. The van der Waals surface area contributed by atoms with Gasteiger partial charge in [-0.3, -0.25) is 4.55 Å². The second-order valence-corrected chi connectivity index (χ2v) is 4.59. The number of nitrogens with zero attached hydrogens (tertiary/aromatic N) is 1. The second kappa shape index (κ2) is 9.76. The largest absolute Gasteiger partial charge is 1.00 e. The molecule has 0 amide bonds. The molecule has 1 aromatic rings. The van der Waals surface area contributed by atoms with Crippen LogP contribution in [-0.4, -0.2) is 44.8 Å². The van der Waals surface area contributed by atoms with Crippen molar-refractivity contribution in [1.29, 1.82) is 0 Å². The molecule has 0 bridgehead atoms. The molecule has 1 aromatic carbocycles. The zero-order valence-electron chi connectivity index (χ0n) is 10.1. The van der Waals surface area contributed by atoms with E-state index in [2.05, 4.69) is 0 Å². The Hall–Kier alpha value is -0.240. The number of likely N-dealkylation sites (N-methyl/N-ethyl adjacent to an activating group) is 1. The molecule has 90 valence electrons. The summed E-state index contributed by atoms with van der Waals surface area (Å²) >= 11 is 0. The van der Waals surface area contributed by atoms with Gasteiger partial charge in [0.2, 0.25) is 0 Å². The number of hydrogen-bond acceptors (Lipinski definition) is 4. The zero-order valence-corrected chi connectivity index (χ0v) is 12.9. The molecule has 0 aliphatic heterocycles. The molecule has 0 atom stereocenters. The Kier molecular flexibility index (Phi) is 11.0. The molecule has 0 aliphatic rings. The Bertz CT molecular complexity index is 406. The van der Waals surface area contributed by atoms with E-state index in [-0.39, 0.29) is 34.5 Å². The summed E-state index contributed by atoms with van der Waals surface area (Å²) in [5.74, 6) is 0. The van der Waals surface area contributed by atoms with Gasteiger partial charge in [0.1, 0.15) is 0 Å². The van der Waals surface area contributed by atoms with Crippen molar-refractivity contribution in [1.82, 2.24) is 4.90 Å². The quantitative estimate of drug-likeness (QED) is 0.375. The van der Waals surface area contributed by atoms with Gasteiger partial charge in [-0.1, -0.05) is 24.7 Å². The summed E-state index contributed by atoms with van der Waals surface area (Å²) < 4.78 is 29.2. The summed E-state index contributed by atoms with van der Waals surface area (Å²) in [4.78, 5) is 11.1. The van der Waals surface area contributed by atoms with Gasteiger partial charge in [-0.2, -0.15) is 8.42 Å². The first-order valence-corrected chi connectivity index (χ1v) is 5.84. The first kappa shape index (κ1) is 19.1. The maximum atomic E-state index is 10.4. The molecule has 0 fully saturated rings. The van der Waals surface area contributed by atoms with Gasteiger partial charge in [0.05, 0.1) is 4.90 Å². The van der Waals surface area contributed by atoms with Crippen molar-refractivity contribution in [3.05, 3.63) is 30.3 Å². The van der Waals surface area contributed by atoms with E-state index in [9.17, 15) is 13.2 Å². The number of hydrogen-bond donors (Lipinski definition) is 1. The zero-order chi connectivity index (χ0) is 12.6. The normalized spacial score (nSPS) is 9.88. The predicted molar refractivity (Wildman–Crippen MR) is 60.5 cm³/mol. The molecule has 0 heterocycles. The van der Waals surface area contributed by atoms with Gasteiger partial charge in [0.15, 0.2) is 0 Å². The van der Waals surface area contributed by atoms with E-state index in [0.717, 1.165) is 0 Å². The molecule has 0 radical (unpaired) electrons. The monoisotopic (exact) mass is 267 g/mol. The summed E-state index contributed by atoms with van der Waals surface area (Å²) in [6.07, 6.45) is 1.74. The summed E-state index contributed by atoms with van der Waals surface area (Å²) in [6, 6.07) is 7.42. The van der Waals surface area contributed by atoms with Crippen molar-refractivity contribution < 1.29 is 47.3 Å². The third-order valence-corrected chi connectivity index (χ3v) is 2.29. The van der Waals surface area contributed by atoms with Crippen molar-refractivity contribution >= 4 is 16.4 Å². The van der Waals surface area contributed by atoms with E-state index in [1.165, 1.54) is 12.1 Å². The summed E-state index contributed by atoms with van der Waals surface area (Å²) in [6.45, 7) is 0.403. The second-order valence-electron chi connectivity index (χ2n) is 3.17. The molecule has 1 rings (SSSR count). The Balaban J connectivity index is 0. The van der Waals surface area contributed by atoms with Crippen LogP contribution in [0.4, 0.5) is 0 Å². The van der Waals surface area contributed by atoms with E-state index >= 15 is 0 Å². The SMILES string of the molecule is CN(C)C[C-]=O.O=S(=O)(O)c1ccccc1.[Na+]. The maximum Gasteiger partial charge on any atom is 1.00 e. The molecule has 0 saturated carbocycles. The molecule has 0 aromatic heterocycles. The molecule has 0 spiro atoms. The Morgan fingerprint density at radius 2 is 1.71 bits per heavy atom. The first-order valence-electron chi connectivity index (χ1n) is 4.40. The van der Waals surface area contributed by atoms with Gasteiger partial charge in [0.25, 0.3) is 10.1 Å². The third-order valence-electron chi connectivity index (χ3n) is 1.42. The minimum atomic E-state index is -4.00. The number of rotatable bonds is 3. The van der Waals surface area contributed by atoms with Crippen LogP contribution >= 0.6 is 0 Å². The van der Waals surface area contributed by atoms with Crippen LogP contribution in [0.1, 0.15) is 0 Å². The first-order chi connectivity index (χ1) is 7.38. The Morgan fingerprint density at radius 1 is 1.24 bits per heavy atom. The van der Waals surface area contributed by atoms with Gasteiger partial charge in [-0.05, 0) is 26.2 Å². The predicted octanol–water partition coefficient (Wildman–Crippen LogP) is -2.40. The van der Waals surface area contributed by atoms with Gasteiger partial charge in [-0.15, -0.1) is 0 Å². The van der Waals surface area contributed by atoms with Crippen molar-refractivity contribution in [2.75, 3.05) is 20.6 Å². The van der Waals surface area contributed by atoms with Crippen molar-refractivity contribution in [3.63, 3.8) is 0 Å². The van der Waals surface area contributed by atoms with E-state index in [1.807, 2.05) is 14.1 Å². The minimum absolute atomic E-state index is 0. The molecule has 0 unspecified atom stereocenters. The summed E-state index contributed by atoms with van der Waals surface area (Å²) in [5, 5.41) is 0. The third kappa shape index (κ3) is 10.6. The number of benzene rings is 1. The van der Waals surface area contributed by atoms with Gasteiger partial charge < -0.3 is 9.69 Å². The Labute approximate surface area is 124 Å². The standard InChI is InChI=1S/C6H6O3S.C4H8NO.Na/c7-10(8,9)6-4-2-1-3-5-6;1-5(2)3-4-6;/h1-5H,(H,7,8,9);3H2,1-2H3;/q;-1;+1. The van der Waals surface area contributed by atoms with Gasteiger partial charge >= 0.3 is 29.6 Å². The molecular formula is C10H14NNaO4S. The minimum Gasteiger partial charge on any atom is -0.541 e. The summed E-state index contributed by atoms with van der Waals surface area (Å²) in [5.41, 5.74) is 0. The van der Waals surface area contributed by atoms with Crippen LogP contribution in [0.5, 0.6) is 0 Å². The van der Waals surface area contributed by atoms with Crippen LogP contribution in [0.25, 0.3) is 0 Å². The maximum absolute atomic E-state index is 10.4. The van der Waals surface area contributed by atoms with Crippen molar-refractivity contribution in [3.8, 4) is 0 Å². The number of carbonyl (C=O) groups excluding carboxylic acids is 1. The van der Waals surface area contributed by atoms with E-state index < -0.39 is 10.1 Å². The van der Waals surface area contributed by atoms with Gasteiger partial charge in [0, 0.05) is 0 Å². The molecule has 7 heteroatoms. The summed E-state index contributed by atoms with van der Waals surface area (Å²) in [7, 11) is -0.354. The van der Waals surface area contributed by atoms with E-state index in [4.69, 9.17) is 4.55 Å². The fourth-order valence-electron chi connectivity index (χ4n) is 0.722. The van der Waals surface area contributed by atoms with Crippen molar-refractivity contribution in [2.45, 2.75) is 4.90 Å². The fourth-order valence-corrected chi connectivity index (χ4v) is 1.22. The molecule has 0 aliphatic carbocycles. The van der Waals surface area contributed by atoms with Crippen LogP contribution in [0, 0.1) is 0 Å². The molecular weight excluding hydrogens is 253 g/mol.